The van der Waals surface area contributed by atoms with Crippen molar-refractivity contribution >= 4 is 42.9 Å². The molecule has 1 fully saturated rings. The number of rotatable bonds is 5. The summed E-state index contributed by atoms with van der Waals surface area (Å²) in [6.07, 6.45) is 1.03. The van der Waals surface area contributed by atoms with Crippen molar-refractivity contribution in [2.45, 2.75) is 35.3 Å². The summed E-state index contributed by atoms with van der Waals surface area (Å²) in [6, 6.07) is 4.37. The second-order valence-corrected chi connectivity index (χ2v) is 10.8. The van der Waals surface area contributed by atoms with Gasteiger partial charge in [0.05, 0.1) is 15.1 Å². The first kappa shape index (κ1) is 23.5. The predicted octanol–water partition coefficient (Wildman–Crippen LogP) is 3.87. The molecule has 7 nitrogen and oxygen atoms in total. The molecule has 0 unspecified atom stereocenters. The number of allylic oxidation sites excluding steroid dienone is 5. The fraction of sp³-hybridized carbons (Fsp3) is 0.333. The van der Waals surface area contributed by atoms with Crippen LogP contribution in [0.2, 0.25) is 0 Å². The third kappa shape index (κ3) is 4.55. The van der Waals surface area contributed by atoms with Crippen LogP contribution in [0.3, 0.4) is 0 Å². The number of carbonyl (C=O) groups is 1. The normalized spacial score (nSPS) is 19.0. The molecule has 2 aromatic rings. The number of amides is 1. The number of sulfone groups is 1. The Bertz CT molecular complexity index is 1290. The summed E-state index contributed by atoms with van der Waals surface area (Å²) < 4.78 is 72.2. The van der Waals surface area contributed by atoms with Gasteiger partial charge in [-0.25, -0.2) is 13.4 Å². The van der Waals surface area contributed by atoms with Gasteiger partial charge in [-0.3, -0.25) is 4.79 Å². The Hall–Kier alpha value is -2.70. The lowest BCUT2D eigenvalue weighted by Gasteiger charge is -2.33. The van der Waals surface area contributed by atoms with E-state index in [4.69, 9.17) is 10.5 Å². The van der Waals surface area contributed by atoms with Gasteiger partial charge in [0.2, 0.25) is 5.91 Å². The van der Waals surface area contributed by atoms with E-state index in [0.29, 0.717) is 20.8 Å². The Kier molecular flexibility index (Phi) is 6.10. The van der Waals surface area contributed by atoms with Gasteiger partial charge in [-0.05, 0) is 55.7 Å². The van der Waals surface area contributed by atoms with E-state index < -0.39 is 26.9 Å². The molecule has 0 radical (unpaired) electrons. The maximum atomic E-state index is 13.4. The fourth-order valence-electron chi connectivity index (χ4n) is 3.75. The quantitative estimate of drug-likeness (QED) is 0.668. The summed E-state index contributed by atoms with van der Waals surface area (Å²) in [6.45, 7) is 0.230. The van der Waals surface area contributed by atoms with Crippen LogP contribution in [-0.2, 0) is 24.1 Å². The van der Waals surface area contributed by atoms with E-state index in [2.05, 4.69) is 9.72 Å². The van der Waals surface area contributed by atoms with E-state index in [-0.39, 0.29) is 43.1 Å². The highest BCUT2D eigenvalue weighted by molar-refractivity contribution is 7.93. The number of benzene rings is 1. The lowest BCUT2D eigenvalue weighted by Crippen LogP contribution is -2.53. The summed E-state index contributed by atoms with van der Waals surface area (Å²) in [5.74, 6) is -1.23. The second kappa shape index (κ2) is 8.58. The Balaban J connectivity index is 1.65. The lowest BCUT2D eigenvalue weighted by molar-refractivity contribution is -0.303. The molecule has 1 saturated heterocycles. The second-order valence-electron chi connectivity index (χ2n) is 7.51. The largest absolute Gasteiger partial charge is 0.573 e. The van der Waals surface area contributed by atoms with Gasteiger partial charge in [0.1, 0.15) is 10.8 Å². The molecule has 12 heteroatoms. The number of hydrogen-bond acceptors (Lipinski definition) is 7. The first-order valence-electron chi connectivity index (χ1n) is 9.89. The van der Waals surface area contributed by atoms with Crippen LogP contribution in [-0.4, -0.2) is 43.6 Å². The van der Waals surface area contributed by atoms with Crippen molar-refractivity contribution in [2.24, 2.45) is 5.73 Å². The molecule has 1 aliphatic carbocycles. The van der Waals surface area contributed by atoms with Gasteiger partial charge in [-0.15, -0.1) is 24.5 Å². The molecule has 1 amide bonds. The smallest absolute Gasteiger partial charge is 0.406 e. The topological polar surface area (TPSA) is 109 Å². The fourth-order valence-corrected chi connectivity index (χ4v) is 6.79. The highest BCUT2D eigenvalue weighted by atomic mass is 32.2. The first-order valence-corrected chi connectivity index (χ1v) is 12.2. The zero-order valence-electron chi connectivity index (χ0n) is 17.1. The first-order chi connectivity index (χ1) is 15.5. The molecule has 1 aliphatic heterocycles. The van der Waals surface area contributed by atoms with E-state index in [1.54, 1.807) is 6.08 Å². The summed E-state index contributed by atoms with van der Waals surface area (Å²) in [7, 11) is -4.10. The molecule has 33 heavy (non-hydrogen) atoms. The average molecular weight is 501 g/mol. The van der Waals surface area contributed by atoms with Crippen LogP contribution >= 0.6 is 11.3 Å². The molecule has 2 aliphatic rings. The number of nitrogens with zero attached hydrogens (tertiary/aromatic N) is 1. The van der Waals surface area contributed by atoms with Crippen LogP contribution < -0.4 is 5.73 Å². The molecular weight excluding hydrogens is 481 g/mol. The van der Waals surface area contributed by atoms with Gasteiger partial charge in [-0.2, -0.15) is 0 Å². The van der Waals surface area contributed by atoms with Crippen LogP contribution in [0, 0.1) is 0 Å². The van der Waals surface area contributed by atoms with E-state index in [1.165, 1.54) is 47.8 Å². The minimum Gasteiger partial charge on any atom is -0.406 e. The van der Waals surface area contributed by atoms with Gasteiger partial charge in [0, 0.05) is 18.8 Å². The number of nitrogens with two attached hydrogens (primary N) is 1. The van der Waals surface area contributed by atoms with Crippen molar-refractivity contribution in [1.29, 1.82) is 0 Å². The monoisotopic (exact) mass is 500 g/mol. The standard InChI is InChI=1S/C21H19F3N2O5S2/c22-21(23,24)31-14-3-1-2-13(4-5-14)18-26-16-7-6-15(12-17(16)32-18)33(28,29)20(19(25)27)8-10-30-11-9-20/h2-7,12H,1,8-11H2,(H2,25,27). The Morgan fingerprint density at radius 2 is 1.91 bits per heavy atom. The molecule has 4 rings (SSSR count). The average Bonchev–Trinajstić information content (AvgIpc) is 3.05. The number of primary amides is 1. The zero-order chi connectivity index (χ0) is 23.9. The highest BCUT2D eigenvalue weighted by Crippen LogP contribution is 2.37. The van der Waals surface area contributed by atoms with Crippen molar-refractivity contribution < 1.29 is 35.9 Å². The van der Waals surface area contributed by atoms with Crippen LogP contribution in [0.5, 0.6) is 0 Å². The molecule has 2 N–H and O–H groups in total. The van der Waals surface area contributed by atoms with Crippen LogP contribution in [0.1, 0.15) is 24.3 Å². The minimum absolute atomic E-state index is 0.0242. The lowest BCUT2D eigenvalue weighted by atomic mass is 9.98. The van der Waals surface area contributed by atoms with E-state index >= 15 is 0 Å². The summed E-state index contributed by atoms with van der Waals surface area (Å²) in [4.78, 5) is 16.6. The Morgan fingerprint density at radius 1 is 1.18 bits per heavy atom. The van der Waals surface area contributed by atoms with Crippen LogP contribution in [0.25, 0.3) is 15.8 Å². The van der Waals surface area contributed by atoms with Gasteiger partial charge in [-0.1, -0.05) is 6.08 Å². The van der Waals surface area contributed by atoms with E-state index in [9.17, 15) is 26.4 Å². The molecule has 0 atom stereocenters. The van der Waals surface area contributed by atoms with Gasteiger partial charge in [0.15, 0.2) is 14.6 Å². The maximum absolute atomic E-state index is 13.4. The predicted molar refractivity (Wildman–Crippen MR) is 116 cm³/mol. The summed E-state index contributed by atoms with van der Waals surface area (Å²) in [5, 5.41) is 0.508. The van der Waals surface area contributed by atoms with Crippen molar-refractivity contribution in [3.05, 3.63) is 53.3 Å². The molecule has 2 heterocycles. The highest BCUT2D eigenvalue weighted by Gasteiger charge is 2.51. The molecule has 0 spiro atoms. The number of thiazole rings is 1. The number of halogens is 3. The molecule has 1 aromatic carbocycles. The number of carbonyl (C=O) groups excluding carboxylic acids is 1. The van der Waals surface area contributed by atoms with Crippen molar-refractivity contribution in [3.8, 4) is 0 Å². The zero-order valence-corrected chi connectivity index (χ0v) is 18.7. The van der Waals surface area contributed by atoms with Gasteiger partial charge < -0.3 is 15.2 Å². The van der Waals surface area contributed by atoms with Gasteiger partial charge in [0.25, 0.3) is 0 Å². The van der Waals surface area contributed by atoms with Crippen LogP contribution in [0.4, 0.5) is 13.2 Å². The third-order valence-corrected chi connectivity index (χ3v) is 9.08. The number of fused-ring (bicyclic) bond motifs is 1. The Morgan fingerprint density at radius 3 is 2.58 bits per heavy atom. The van der Waals surface area contributed by atoms with Crippen molar-refractivity contribution in [3.63, 3.8) is 0 Å². The number of alkyl halides is 3. The third-order valence-electron chi connectivity index (χ3n) is 5.50. The van der Waals surface area contributed by atoms with E-state index in [1.807, 2.05) is 0 Å². The Labute approximate surface area is 191 Å². The molecule has 176 valence electrons. The number of aromatic nitrogens is 1. The maximum Gasteiger partial charge on any atom is 0.573 e. The SMILES string of the molecule is NC(=O)C1(S(=O)(=O)c2ccc3nc(C4=CCC=C(OC(F)(F)F)C=C4)sc3c2)CCOCC1. The number of hydrogen-bond donors (Lipinski definition) is 1. The summed E-state index contributed by atoms with van der Waals surface area (Å²) in [5.41, 5.74) is 6.62. The molecular formula is C21H19F3N2O5S2. The molecule has 1 aromatic heterocycles. The van der Waals surface area contributed by atoms with E-state index in [0.717, 1.165) is 0 Å². The van der Waals surface area contributed by atoms with Gasteiger partial charge >= 0.3 is 6.36 Å². The van der Waals surface area contributed by atoms with Crippen molar-refractivity contribution in [1.82, 2.24) is 4.98 Å². The summed E-state index contributed by atoms with van der Waals surface area (Å²) >= 11 is 1.19. The molecule has 0 saturated carbocycles. The molecule has 0 bridgehead atoms. The number of ether oxygens (including phenoxy) is 2. The minimum atomic E-state index is -4.79. The van der Waals surface area contributed by atoms with Crippen molar-refractivity contribution in [2.75, 3.05) is 13.2 Å². The van der Waals surface area contributed by atoms with Crippen LogP contribution in [0.15, 0.2) is 53.2 Å².